The van der Waals surface area contributed by atoms with E-state index in [0.717, 1.165) is 28.9 Å². The Hall–Kier alpha value is -1.07. The van der Waals surface area contributed by atoms with E-state index in [4.69, 9.17) is 4.74 Å². The Kier molecular flexibility index (Phi) is 5.01. The Morgan fingerprint density at radius 1 is 1.28 bits per heavy atom. The average Bonchev–Trinajstić information content (AvgIpc) is 2.86. The van der Waals surface area contributed by atoms with Crippen molar-refractivity contribution in [1.29, 1.82) is 0 Å². The largest absolute Gasteiger partial charge is 0.494 e. The molecule has 0 spiro atoms. The summed E-state index contributed by atoms with van der Waals surface area (Å²) in [5, 5.41) is 7.79. The third kappa shape index (κ3) is 3.99. The van der Waals surface area contributed by atoms with Crippen molar-refractivity contribution >= 4 is 23.1 Å². The molecule has 0 saturated carbocycles. The van der Waals surface area contributed by atoms with Crippen molar-refractivity contribution < 1.29 is 4.74 Å². The number of benzene rings is 1. The number of hydrogen-bond donors (Lipinski definition) is 0. The van der Waals surface area contributed by atoms with Crippen LogP contribution in [0.3, 0.4) is 0 Å². The second-order valence-corrected chi connectivity index (χ2v) is 6.18. The highest BCUT2D eigenvalue weighted by molar-refractivity contribution is 8.00. The molecule has 5 heteroatoms. The number of rotatable bonds is 6. The molecule has 0 saturated heterocycles. The predicted octanol–water partition coefficient (Wildman–Crippen LogP) is 3.72. The molecule has 1 aromatic carbocycles. The van der Waals surface area contributed by atoms with Crippen LogP contribution in [0.2, 0.25) is 0 Å². The van der Waals surface area contributed by atoms with Crippen LogP contribution >= 0.6 is 23.1 Å². The predicted molar refractivity (Wildman–Crippen MR) is 76.7 cm³/mol. The first-order chi connectivity index (χ1) is 8.75. The molecule has 2 rings (SSSR count). The average molecular weight is 280 g/mol. The third-order valence-corrected chi connectivity index (χ3v) is 4.55. The molecular formula is C13H16N2OS2. The van der Waals surface area contributed by atoms with Crippen molar-refractivity contribution in [3.63, 3.8) is 0 Å². The summed E-state index contributed by atoms with van der Waals surface area (Å²) in [6.45, 7) is 4.96. The van der Waals surface area contributed by atoms with Gasteiger partial charge in [-0.05, 0) is 43.5 Å². The zero-order chi connectivity index (χ0) is 12.8. The number of aryl methyl sites for hydroxylation is 2. The van der Waals surface area contributed by atoms with Crippen molar-refractivity contribution in [3.05, 3.63) is 34.8 Å². The van der Waals surface area contributed by atoms with Gasteiger partial charge in [-0.2, -0.15) is 0 Å². The minimum absolute atomic E-state index is 0.744. The second-order valence-electron chi connectivity index (χ2n) is 4.00. The Labute approximate surface area is 116 Å². The lowest BCUT2D eigenvalue weighted by Gasteiger charge is -2.07. The van der Waals surface area contributed by atoms with Gasteiger partial charge >= 0.3 is 0 Å². The maximum atomic E-state index is 5.72. The van der Waals surface area contributed by atoms with Gasteiger partial charge in [-0.25, -0.2) is 0 Å². The van der Waals surface area contributed by atoms with Gasteiger partial charge in [0.2, 0.25) is 0 Å². The summed E-state index contributed by atoms with van der Waals surface area (Å²) in [5.74, 6) is 1.97. The number of ether oxygens (including phenoxy) is 1. The van der Waals surface area contributed by atoms with E-state index in [2.05, 4.69) is 36.2 Å². The van der Waals surface area contributed by atoms with Gasteiger partial charge in [0.15, 0.2) is 4.34 Å². The first-order valence-corrected chi connectivity index (χ1v) is 7.71. The molecule has 0 unspecified atom stereocenters. The Bertz CT molecular complexity index is 486. The molecule has 0 aliphatic carbocycles. The van der Waals surface area contributed by atoms with E-state index in [1.165, 1.54) is 11.1 Å². The number of aromatic nitrogens is 2. The Morgan fingerprint density at radius 2 is 2.17 bits per heavy atom. The summed E-state index contributed by atoms with van der Waals surface area (Å²) in [5.41, 5.74) is 4.33. The summed E-state index contributed by atoms with van der Waals surface area (Å²) in [6, 6.07) is 6.22. The second kappa shape index (κ2) is 6.75. The zero-order valence-corrected chi connectivity index (χ0v) is 12.2. The quantitative estimate of drug-likeness (QED) is 0.597. The van der Waals surface area contributed by atoms with Gasteiger partial charge in [0.05, 0.1) is 6.61 Å². The van der Waals surface area contributed by atoms with Gasteiger partial charge < -0.3 is 4.74 Å². The molecule has 0 fully saturated rings. The highest BCUT2D eigenvalue weighted by Gasteiger charge is 1.99. The molecule has 0 amide bonds. The molecule has 2 aromatic rings. The maximum Gasteiger partial charge on any atom is 0.174 e. The van der Waals surface area contributed by atoms with E-state index in [0.29, 0.717) is 0 Å². The van der Waals surface area contributed by atoms with Crippen molar-refractivity contribution in [2.24, 2.45) is 0 Å². The fourth-order valence-corrected chi connectivity index (χ4v) is 2.91. The SMILES string of the molecule is Cc1ccc(OCCCSc2nncs2)cc1C. The summed E-state index contributed by atoms with van der Waals surface area (Å²) in [6.07, 6.45) is 1.01. The first kappa shape index (κ1) is 13.4. The number of thioether (sulfide) groups is 1. The maximum absolute atomic E-state index is 5.72. The normalized spacial score (nSPS) is 10.6. The van der Waals surface area contributed by atoms with Crippen molar-refractivity contribution in [1.82, 2.24) is 10.2 Å². The molecule has 0 aliphatic rings. The van der Waals surface area contributed by atoms with Gasteiger partial charge in [0.1, 0.15) is 11.3 Å². The molecular weight excluding hydrogens is 264 g/mol. The van der Waals surface area contributed by atoms with Crippen molar-refractivity contribution in [2.75, 3.05) is 12.4 Å². The Balaban J connectivity index is 1.67. The van der Waals surface area contributed by atoms with Crippen LogP contribution < -0.4 is 4.74 Å². The van der Waals surface area contributed by atoms with Crippen molar-refractivity contribution in [2.45, 2.75) is 24.6 Å². The van der Waals surface area contributed by atoms with Crippen LogP contribution in [0.25, 0.3) is 0 Å². The van der Waals surface area contributed by atoms with Crippen LogP contribution in [0.4, 0.5) is 0 Å². The molecule has 0 N–H and O–H groups in total. The van der Waals surface area contributed by atoms with E-state index in [1.54, 1.807) is 28.6 Å². The third-order valence-electron chi connectivity index (χ3n) is 2.60. The molecule has 1 heterocycles. The van der Waals surface area contributed by atoms with E-state index >= 15 is 0 Å². The minimum Gasteiger partial charge on any atom is -0.494 e. The fraction of sp³-hybridized carbons (Fsp3) is 0.385. The van der Waals surface area contributed by atoms with Crippen LogP contribution in [-0.4, -0.2) is 22.6 Å². The fourth-order valence-electron chi connectivity index (χ4n) is 1.44. The van der Waals surface area contributed by atoms with Gasteiger partial charge in [-0.15, -0.1) is 10.2 Å². The molecule has 0 atom stereocenters. The van der Waals surface area contributed by atoms with Crippen LogP contribution in [-0.2, 0) is 0 Å². The highest BCUT2D eigenvalue weighted by Crippen LogP contribution is 2.20. The summed E-state index contributed by atoms with van der Waals surface area (Å²) in [4.78, 5) is 0. The summed E-state index contributed by atoms with van der Waals surface area (Å²) >= 11 is 3.31. The van der Waals surface area contributed by atoms with Crippen LogP contribution in [0.1, 0.15) is 17.5 Å². The van der Waals surface area contributed by atoms with E-state index in [-0.39, 0.29) is 0 Å². The lowest BCUT2D eigenvalue weighted by molar-refractivity contribution is 0.318. The lowest BCUT2D eigenvalue weighted by atomic mass is 10.1. The summed E-state index contributed by atoms with van der Waals surface area (Å²) in [7, 11) is 0. The van der Waals surface area contributed by atoms with E-state index in [1.807, 2.05) is 6.07 Å². The van der Waals surface area contributed by atoms with Gasteiger partial charge in [-0.3, -0.25) is 0 Å². The topological polar surface area (TPSA) is 35.0 Å². The molecule has 3 nitrogen and oxygen atoms in total. The first-order valence-electron chi connectivity index (χ1n) is 5.85. The highest BCUT2D eigenvalue weighted by atomic mass is 32.2. The molecule has 0 bridgehead atoms. The van der Waals surface area contributed by atoms with Crippen LogP contribution in [0.15, 0.2) is 28.0 Å². The number of hydrogen-bond acceptors (Lipinski definition) is 5. The van der Waals surface area contributed by atoms with Crippen LogP contribution in [0, 0.1) is 13.8 Å². The molecule has 1 aromatic heterocycles. The minimum atomic E-state index is 0.744. The zero-order valence-electron chi connectivity index (χ0n) is 10.5. The number of nitrogens with zero attached hydrogens (tertiary/aromatic N) is 2. The van der Waals surface area contributed by atoms with Crippen LogP contribution in [0.5, 0.6) is 5.75 Å². The molecule has 18 heavy (non-hydrogen) atoms. The van der Waals surface area contributed by atoms with Gasteiger partial charge in [-0.1, -0.05) is 29.2 Å². The van der Waals surface area contributed by atoms with Crippen molar-refractivity contribution in [3.8, 4) is 5.75 Å². The van der Waals surface area contributed by atoms with E-state index in [9.17, 15) is 0 Å². The standard InChI is InChI=1S/C13H16N2OS2/c1-10-4-5-12(8-11(10)2)16-6-3-7-17-13-15-14-9-18-13/h4-5,8-9H,3,6-7H2,1-2H3. The monoisotopic (exact) mass is 280 g/mol. The molecule has 0 radical (unpaired) electrons. The molecule has 96 valence electrons. The van der Waals surface area contributed by atoms with Gasteiger partial charge in [0.25, 0.3) is 0 Å². The van der Waals surface area contributed by atoms with E-state index < -0.39 is 0 Å². The Morgan fingerprint density at radius 3 is 2.89 bits per heavy atom. The summed E-state index contributed by atoms with van der Waals surface area (Å²) < 4.78 is 6.74. The van der Waals surface area contributed by atoms with Gasteiger partial charge in [0, 0.05) is 5.75 Å². The molecule has 0 aliphatic heterocycles. The smallest absolute Gasteiger partial charge is 0.174 e. The lowest BCUT2D eigenvalue weighted by Crippen LogP contribution is -1.99.